The van der Waals surface area contributed by atoms with Gasteiger partial charge in [0, 0.05) is 17.3 Å². The maximum absolute atomic E-state index is 13.2. The first-order valence-electron chi connectivity index (χ1n) is 5.25. The highest BCUT2D eigenvalue weighted by Gasteiger charge is 2.16. The van der Waals surface area contributed by atoms with E-state index in [0.29, 0.717) is 22.0 Å². The third-order valence-electron chi connectivity index (χ3n) is 2.55. The van der Waals surface area contributed by atoms with Crippen molar-refractivity contribution in [1.29, 1.82) is 0 Å². The van der Waals surface area contributed by atoms with E-state index >= 15 is 0 Å². The molecule has 0 bridgehead atoms. The van der Waals surface area contributed by atoms with Gasteiger partial charge in [-0.15, -0.1) is 0 Å². The van der Waals surface area contributed by atoms with Gasteiger partial charge in [0.1, 0.15) is 22.8 Å². The van der Waals surface area contributed by atoms with Crippen LogP contribution in [-0.4, -0.2) is 17.2 Å². The zero-order valence-electron chi connectivity index (χ0n) is 9.60. The average molecular weight is 268 g/mol. The van der Waals surface area contributed by atoms with E-state index in [2.05, 4.69) is 4.98 Å². The monoisotopic (exact) mass is 267 g/mol. The number of nitrogens with zero attached hydrogens (tertiary/aromatic N) is 1. The van der Waals surface area contributed by atoms with Gasteiger partial charge in [0.25, 0.3) is 0 Å². The maximum Gasteiger partial charge on any atom is 0.129 e. The highest BCUT2D eigenvalue weighted by molar-refractivity contribution is 6.29. The number of hydrogen-bond donors (Lipinski definition) is 1. The quantitative estimate of drug-likeness (QED) is 0.870. The molecular weight excluding hydrogens is 257 g/mol. The standard InChI is InChI=1S/C13H11ClFNO2/c1-18-11-4-3-9(15)6-10(11)13(17)8-2-5-12(14)16-7-8/h2-7,13,17H,1H3. The van der Waals surface area contributed by atoms with E-state index < -0.39 is 11.9 Å². The molecule has 1 heterocycles. The van der Waals surface area contributed by atoms with Gasteiger partial charge in [-0.1, -0.05) is 17.7 Å². The van der Waals surface area contributed by atoms with Crippen LogP contribution in [0.2, 0.25) is 5.15 Å². The number of aliphatic hydroxyl groups excluding tert-OH is 1. The normalized spacial score (nSPS) is 12.2. The zero-order chi connectivity index (χ0) is 13.1. The molecule has 3 nitrogen and oxygen atoms in total. The molecule has 2 aromatic rings. The fourth-order valence-electron chi connectivity index (χ4n) is 1.65. The molecule has 0 saturated carbocycles. The predicted molar refractivity (Wildman–Crippen MR) is 66.3 cm³/mol. The van der Waals surface area contributed by atoms with Crippen LogP contribution in [0.1, 0.15) is 17.2 Å². The van der Waals surface area contributed by atoms with Crippen molar-refractivity contribution < 1.29 is 14.2 Å². The fraction of sp³-hybridized carbons (Fsp3) is 0.154. The van der Waals surface area contributed by atoms with Gasteiger partial charge in [0.2, 0.25) is 0 Å². The Balaban J connectivity index is 2.41. The van der Waals surface area contributed by atoms with E-state index in [1.54, 1.807) is 12.1 Å². The third-order valence-corrected chi connectivity index (χ3v) is 2.78. The summed E-state index contributed by atoms with van der Waals surface area (Å²) in [4.78, 5) is 3.87. The van der Waals surface area contributed by atoms with Gasteiger partial charge in [0.05, 0.1) is 7.11 Å². The van der Waals surface area contributed by atoms with Crippen LogP contribution >= 0.6 is 11.6 Å². The van der Waals surface area contributed by atoms with Gasteiger partial charge in [-0.25, -0.2) is 9.37 Å². The van der Waals surface area contributed by atoms with Crippen LogP contribution in [0.5, 0.6) is 5.75 Å². The van der Waals surface area contributed by atoms with Crippen molar-refractivity contribution in [2.24, 2.45) is 0 Å². The number of aromatic nitrogens is 1. The summed E-state index contributed by atoms with van der Waals surface area (Å²) in [7, 11) is 1.46. The molecule has 5 heteroatoms. The van der Waals surface area contributed by atoms with E-state index in [-0.39, 0.29) is 0 Å². The number of methoxy groups -OCH3 is 1. The van der Waals surface area contributed by atoms with Crippen molar-refractivity contribution in [3.05, 3.63) is 58.6 Å². The minimum absolute atomic E-state index is 0.331. The Morgan fingerprint density at radius 1 is 1.33 bits per heavy atom. The van der Waals surface area contributed by atoms with Crippen LogP contribution in [0.4, 0.5) is 4.39 Å². The Kier molecular flexibility index (Phi) is 3.79. The summed E-state index contributed by atoms with van der Waals surface area (Å²) >= 11 is 5.67. The second kappa shape index (κ2) is 5.33. The van der Waals surface area contributed by atoms with Crippen LogP contribution in [0.3, 0.4) is 0 Å². The lowest BCUT2D eigenvalue weighted by molar-refractivity contribution is 0.213. The van der Waals surface area contributed by atoms with Crippen LogP contribution in [0, 0.1) is 5.82 Å². The number of pyridine rings is 1. The summed E-state index contributed by atoms with van der Waals surface area (Å²) in [6.45, 7) is 0. The van der Waals surface area contributed by atoms with Gasteiger partial charge in [-0.05, 0) is 24.3 Å². The lowest BCUT2D eigenvalue weighted by atomic mass is 10.0. The Bertz CT molecular complexity index is 545. The number of halogens is 2. The first kappa shape index (κ1) is 12.8. The SMILES string of the molecule is COc1ccc(F)cc1C(O)c1ccc(Cl)nc1. The minimum Gasteiger partial charge on any atom is -0.496 e. The number of rotatable bonds is 3. The molecule has 1 N–H and O–H groups in total. The van der Waals surface area contributed by atoms with Crippen molar-refractivity contribution in [2.45, 2.75) is 6.10 Å². The number of hydrogen-bond acceptors (Lipinski definition) is 3. The van der Waals surface area contributed by atoms with Crippen molar-refractivity contribution in [1.82, 2.24) is 4.98 Å². The molecule has 1 atom stereocenters. The topological polar surface area (TPSA) is 42.4 Å². The zero-order valence-corrected chi connectivity index (χ0v) is 10.4. The van der Waals surface area contributed by atoms with Crippen molar-refractivity contribution in [3.8, 4) is 5.75 Å². The number of ether oxygens (including phenoxy) is 1. The molecule has 0 aliphatic heterocycles. The summed E-state index contributed by atoms with van der Waals surface area (Å²) in [6.07, 6.45) is 0.428. The van der Waals surface area contributed by atoms with Crippen LogP contribution in [-0.2, 0) is 0 Å². The smallest absolute Gasteiger partial charge is 0.129 e. The summed E-state index contributed by atoms with van der Waals surface area (Å²) in [5, 5.41) is 10.5. The van der Waals surface area contributed by atoms with Crippen LogP contribution < -0.4 is 4.74 Å². The Hall–Kier alpha value is -1.65. The third kappa shape index (κ3) is 2.60. The highest BCUT2D eigenvalue weighted by Crippen LogP contribution is 2.30. The lowest BCUT2D eigenvalue weighted by Gasteiger charge is -2.15. The second-order valence-electron chi connectivity index (χ2n) is 3.70. The molecule has 0 saturated heterocycles. The molecule has 0 aliphatic rings. The molecule has 2 rings (SSSR count). The number of aliphatic hydroxyl groups is 1. The molecule has 0 fully saturated rings. The van der Waals surface area contributed by atoms with Gasteiger partial charge in [-0.2, -0.15) is 0 Å². The molecule has 0 spiro atoms. The average Bonchev–Trinajstić information content (AvgIpc) is 2.39. The van der Waals surface area contributed by atoms with E-state index in [9.17, 15) is 9.50 Å². The summed E-state index contributed by atoms with van der Waals surface area (Å²) in [5.41, 5.74) is 0.866. The van der Waals surface area contributed by atoms with Crippen molar-refractivity contribution in [3.63, 3.8) is 0 Å². The molecule has 0 radical (unpaired) electrons. The molecule has 1 aromatic heterocycles. The molecule has 0 amide bonds. The van der Waals surface area contributed by atoms with Crippen molar-refractivity contribution in [2.75, 3.05) is 7.11 Å². The molecule has 1 unspecified atom stereocenters. The van der Waals surface area contributed by atoms with Gasteiger partial charge in [-0.3, -0.25) is 0 Å². The summed E-state index contributed by atoms with van der Waals surface area (Å²) in [6, 6.07) is 7.17. The summed E-state index contributed by atoms with van der Waals surface area (Å²) in [5.74, 6) is -0.0226. The molecule has 1 aromatic carbocycles. The fourth-order valence-corrected chi connectivity index (χ4v) is 1.76. The summed E-state index contributed by atoms with van der Waals surface area (Å²) < 4.78 is 18.3. The van der Waals surface area contributed by atoms with E-state index in [0.717, 1.165) is 0 Å². The van der Waals surface area contributed by atoms with E-state index in [1.807, 2.05) is 0 Å². The Morgan fingerprint density at radius 2 is 2.11 bits per heavy atom. The lowest BCUT2D eigenvalue weighted by Crippen LogP contribution is -2.03. The second-order valence-corrected chi connectivity index (χ2v) is 4.09. The molecule has 0 aliphatic carbocycles. The van der Waals surface area contributed by atoms with Crippen molar-refractivity contribution >= 4 is 11.6 Å². The van der Waals surface area contributed by atoms with Gasteiger partial charge < -0.3 is 9.84 Å². The van der Waals surface area contributed by atoms with E-state index in [1.165, 1.54) is 31.5 Å². The Morgan fingerprint density at radius 3 is 2.72 bits per heavy atom. The number of benzene rings is 1. The van der Waals surface area contributed by atoms with Gasteiger partial charge >= 0.3 is 0 Å². The largest absolute Gasteiger partial charge is 0.496 e. The molecule has 94 valence electrons. The van der Waals surface area contributed by atoms with Gasteiger partial charge in [0.15, 0.2) is 0 Å². The predicted octanol–water partition coefficient (Wildman–Crippen LogP) is 2.96. The molecular formula is C13H11ClFNO2. The van der Waals surface area contributed by atoms with Crippen LogP contribution in [0.25, 0.3) is 0 Å². The van der Waals surface area contributed by atoms with Crippen LogP contribution in [0.15, 0.2) is 36.5 Å². The molecule has 18 heavy (non-hydrogen) atoms. The minimum atomic E-state index is -1.01. The maximum atomic E-state index is 13.2. The van der Waals surface area contributed by atoms with E-state index in [4.69, 9.17) is 16.3 Å². The first-order valence-corrected chi connectivity index (χ1v) is 5.62. The Labute approximate surface area is 109 Å². The highest BCUT2D eigenvalue weighted by atomic mass is 35.5. The first-order chi connectivity index (χ1) is 8.61.